The molecule has 1 atom stereocenters. The van der Waals surface area contributed by atoms with Crippen LogP contribution in [0.3, 0.4) is 0 Å². The fourth-order valence-electron chi connectivity index (χ4n) is 1.39. The molecule has 1 amide bonds. The van der Waals surface area contributed by atoms with Gasteiger partial charge in [0.2, 0.25) is 5.91 Å². The molecular formula is C11H13F3N2O. The standard InChI is InChI=1S/C11H13F3N2O/c12-11(13,14)6-10(17)16-9(7-15)8-4-2-1-3-5-8/h1-5,9H,6-7,15H2,(H,16,17). The van der Waals surface area contributed by atoms with Gasteiger partial charge in [-0.25, -0.2) is 0 Å². The molecule has 0 saturated heterocycles. The summed E-state index contributed by atoms with van der Waals surface area (Å²) in [4.78, 5) is 11.1. The summed E-state index contributed by atoms with van der Waals surface area (Å²) in [5.41, 5.74) is 6.11. The van der Waals surface area contributed by atoms with Crippen molar-refractivity contribution in [3.05, 3.63) is 35.9 Å². The predicted octanol–water partition coefficient (Wildman–Crippen LogP) is 1.75. The lowest BCUT2D eigenvalue weighted by Gasteiger charge is -2.17. The normalized spacial score (nSPS) is 13.2. The first-order valence-corrected chi connectivity index (χ1v) is 5.03. The summed E-state index contributed by atoms with van der Waals surface area (Å²) in [7, 11) is 0. The van der Waals surface area contributed by atoms with E-state index in [9.17, 15) is 18.0 Å². The summed E-state index contributed by atoms with van der Waals surface area (Å²) in [6.45, 7) is 0.0492. The first-order chi connectivity index (χ1) is 7.92. The second-order valence-corrected chi connectivity index (χ2v) is 3.56. The molecule has 1 aromatic carbocycles. The van der Waals surface area contributed by atoms with E-state index in [2.05, 4.69) is 5.32 Å². The molecule has 6 heteroatoms. The Kier molecular flexibility index (Phi) is 4.51. The summed E-state index contributed by atoms with van der Waals surface area (Å²) >= 11 is 0. The molecule has 0 aliphatic heterocycles. The summed E-state index contributed by atoms with van der Waals surface area (Å²) < 4.78 is 35.9. The van der Waals surface area contributed by atoms with Gasteiger partial charge in [-0.05, 0) is 5.56 Å². The number of carbonyl (C=O) groups excluding carboxylic acids is 1. The van der Waals surface area contributed by atoms with Gasteiger partial charge in [-0.3, -0.25) is 4.79 Å². The summed E-state index contributed by atoms with van der Waals surface area (Å²) in [6, 6.07) is 8.04. The third-order valence-electron chi connectivity index (χ3n) is 2.13. The molecule has 0 aromatic heterocycles. The van der Waals surface area contributed by atoms with E-state index in [4.69, 9.17) is 5.73 Å². The van der Waals surface area contributed by atoms with Crippen molar-refractivity contribution in [3.8, 4) is 0 Å². The van der Waals surface area contributed by atoms with Gasteiger partial charge >= 0.3 is 6.18 Å². The van der Waals surface area contributed by atoms with Crippen molar-refractivity contribution < 1.29 is 18.0 Å². The van der Waals surface area contributed by atoms with Crippen LogP contribution in [0.15, 0.2) is 30.3 Å². The molecule has 17 heavy (non-hydrogen) atoms. The van der Waals surface area contributed by atoms with Crippen molar-refractivity contribution in [1.29, 1.82) is 0 Å². The summed E-state index contributed by atoms with van der Waals surface area (Å²) in [5, 5.41) is 2.26. The van der Waals surface area contributed by atoms with E-state index in [1.807, 2.05) is 0 Å². The molecule has 0 radical (unpaired) electrons. The number of halogens is 3. The fourth-order valence-corrected chi connectivity index (χ4v) is 1.39. The molecule has 94 valence electrons. The molecule has 0 spiro atoms. The van der Waals surface area contributed by atoms with Gasteiger partial charge in [0.25, 0.3) is 0 Å². The van der Waals surface area contributed by atoms with Crippen molar-refractivity contribution in [1.82, 2.24) is 5.32 Å². The van der Waals surface area contributed by atoms with E-state index in [0.29, 0.717) is 5.56 Å². The van der Waals surface area contributed by atoms with Gasteiger partial charge in [0.15, 0.2) is 0 Å². The highest BCUT2D eigenvalue weighted by atomic mass is 19.4. The van der Waals surface area contributed by atoms with Crippen molar-refractivity contribution in [2.45, 2.75) is 18.6 Å². The number of rotatable bonds is 4. The Morgan fingerprint density at radius 1 is 1.29 bits per heavy atom. The lowest BCUT2D eigenvalue weighted by molar-refractivity contribution is -0.154. The van der Waals surface area contributed by atoms with E-state index in [-0.39, 0.29) is 6.54 Å². The molecule has 0 bridgehead atoms. The van der Waals surface area contributed by atoms with Gasteiger partial charge < -0.3 is 11.1 Å². The quantitative estimate of drug-likeness (QED) is 0.850. The Balaban J connectivity index is 2.62. The van der Waals surface area contributed by atoms with Gasteiger partial charge in [-0.15, -0.1) is 0 Å². The molecule has 3 N–H and O–H groups in total. The van der Waals surface area contributed by atoms with Gasteiger partial charge in [0, 0.05) is 6.54 Å². The minimum Gasteiger partial charge on any atom is -0.348 e. The van der Waals surface area contributed by atoms with E-state index in [1.54, 1.807) is 30.3 Å². The fraction of sp³-hybridized carbons (Fsp3) is 0.364. The Labute approximate surface area is 96.8 Å². The number of benzene rings is 1. The number of nitrogens with two attached hydrogens (primary N) is 1. The molecular weight excluding hydrogens is 233 g/mol. The Hall–Kier alpha value is -1.56. The van der Waals surface area contributed by atoms with Crippen LogP contribution in [0.4, 0.5) is 13.2 Å². The highest BCUT2D eigenvalue weighted by molar-refractivity contribution is 5.77. The number of alkyl halides is 3. The molecule has 0 fully saturated rings. The van der Waals surface area contributed by atoms with Crippen molar-refractivity contribution >= 4 is 5.91 Å². The van der Waals surface area contributed by atoms with Gasteiger partial charge in [-0.1, -0.05) is 30.3 Å². The van der Waals surface area contributed by atoms with E-state index >= 15 is 0 Å². The van der Waals surface area contributed by atoms with Crippen LogP contribution >= 0.6 is 0 Å². The number of hydrogen-bond donors (Lipinski definition) is 2. The second kappa shape index (κ2) is 5.67. The van der Waals surface area contributed by atoms with Crippen molar-refractivity contribution in [2.75, 3.05) is 6.54 Å². The van der Waals surface area contributed by atoms with Crippen molar-refractivity contribution in [3.63, 3.8) is 0 Å². The third kappa shape index (κ3) is 4.86. The first-order valence-electron chi connectivity index (χ1n) is 5.03. The minimum atomic E-state index is -4.50. The number of carbonyl (C=O) groups is 1. The van der Waals surface area contributed by atoms with Crippen LogP contribution in [-0.4, -0.2) is 18.6 Å². The van der Waals surface area contributed by atoms with Crippen LogP contribution in [0, 0.1) is 0 Å². The summed E-state index contributed by atoms with van der Waals surface area (Å²) in [6.07, 6.45) is -5.99. The number of nitrogens with one attached hydrogen (secondary N) is 1. The second-order valence-electron chi connectivity index (χ2n) is 3.56. The molecule has 0 aliphatic rings. The van der Waals surface area contributed by atoms with E-state index in [0.717, 1.165) is 0 Å². The zero-order chi connectivity index (χ0) is 12.9. The highest BCUT2D eigenvalue weighted by Crippen LogP contribution is 2.20. The van der Waals surface area contributed by atoms with Crippen LogP contribution in [0.2, 0.25) is 0 Å². The molecule has 1 rings (SSSR count). The molecule has 0 saturated carbocycles. The number of amides is 1. The van der Waals surface area contributed by atoms with Crippen LogP contribution < -0.4 is 11.1 Å². The summed E-state index contributed by atoms with van der Waals surface area (Å²) in [5.74, 6) is -1.07. The van der Waals surface area contributed by atoms with Gasteiger partial charge in [-0.2, -0.15) is 13.2 Å². The van der Waals surface area contributed by atoms with Crippen LogP contribution in [-0.2, 0) is 4.79 Å². The zero-order valence-corrected chi connectivity index (χ0v) is 9.00. The zero-order valence-electron chi connectivity index (χ0n) is 9.00. The lowest BCUT2D eigenvalue weighted by Crippen LogP contribution is -2.35. The van der Waals surface area contributed by atoms with Crippen LogP contribution in [0.5, 0.6) is 0 Å². The molecule has 1 aromatic rings. The topological polar surface area (TPSA) is 55.1 Å². The van der Waals surface area contributed by atoms with Crippen LogP contribution in [0.25, 0.3) is 0 Å². The Bertz CT molecular complexity index is 365. The van der Waals surface area contributed by atoms with E-state index < -0.39 is 24.5 Å². The average Bonchev–Trinajstić information content (AvgIpc) is 2.24. The Morgan fingerprint density at radius 3 is 2.35 bits per heavy atom. The smallest absolute Gasteiger partial charge is 0.348 e. The maximum Gasteiger partial charge on any atom is 0.397 e. The molecule has 0 heterocycles. The van der Waals surface area contributed by atoms with Crippen molar-refractivity contribution in [2.24, 2.45) is 5.73 Å². The lowest BCUT2D eigenvalue weighted by atomic mass is 10.1. The monoisotopic (exact) mass is 246 g/mol. The average molecular weight is 246 g/mol. The maximum atomic E-state index is 12.0. The number of hydrogen-bond acceptors (Lipinski definition) is 2. The SMILES string of the molecule is NCC(NC(=O)CC(F)(F)F)c1ccccc1. The third-order valence-corrected chi connectivity index (χ3v) is 2.13. The predicted molar refractivity (Wildman–Crippen MR) is 57.1 cm³/mol. The van der Waals surface area contributed by atoms with Crippen LogP contribution in [0.1, 0.15) is 18.0 Å². The maximum absolute atomic E-state index is 12.0. The highest BCUT2D eigenvalue weighted by Gasteiger charge is 2.31. The minimum absolute atomic E-state index is 0.0492. The molecule has 0 aliphatic carbocycles. The van der Waals surface area contributed by atoms with Gasteiger partial charge in [0.1, 0.15) is 6.42 Å². The van der Waals surface area contributed by atoms with Gasteiger partial charge in [0.05, 0.1) is 6.04 Å². The molecule has 3 nitrogen and oxygen atoms in total. The van der Waals surface area contributed by atoms with E-state index in [1.165, 1.54) is 0 Å². The largest absolute Gasteiger partial charge is 0.397 e. The Morgan fingerprint density at radius 2 is 1.88 bits per heavy atom. The molecule has 1 unspecified atom stereocenters. The first kappa shape index (κ1) is 13.5.